The van der Waals surface area contributed by atoms with Gasteiger partial charge in [-0.05, 0) is 6.42 Å². The Labute approximate surface area is 76.3 Å². The van der Waals surface area contributed by atoms with Crippen molar-refractivity contribution >= 4 is 11.6 Å². The molecule has 0 aromatic carbocycles. The van der Waals surface area contributed by atoms with E-state index in [0.29, 0.717) is 0 Å². The Morgan fingerprint density at radius 1 is 1.00 bits per heavy atom. The van der Waals surface area contributed by atoms with Gasteiger partial charge in [-0.3, -0.25) is 0 Å². The third-order valence-corrected chi connectivity index (χ3v) is 1.62. The Hall–Kier alpha value is -0.840. The number of hydrogen-bond donors (Lipinski definition) is 0. The summed E-state index contributed by atoms with van der Waals surface area (Å²) in [5.41, 5.74) is -0.631. The summed E-state index contributed by atoms with van der Waals surface area (Å²) in [6, 6.07) is 0. The van der Waals surface area contributed by atoms with Crippen LogP contribution in [0.25, 0.3) is 0 Å². The molecule has 0 saturated carbocycles. The molecule has 0 aliphatic rings. The Balaban J connectivity index is 3.26. The van der Waals surface area contributed by atoms with Gasteiger partial charge in [0, 0.05) is 11.4 Å². The fourth-order valence-electron chi connectivity index (χ4n) is 0.824. The van der Waals surface area contributed by atoms with E-state index in [1.807, 2.05) is 0 Å². The zero-order valence-electron chi connectivity index (χ0n) is 6.25. The summed E-state index contributed by atoms with van der Waals surface area (Å²) in [6.07, 6.45) is -0.233. The maximum absolute atomic E-state index is 12.8. The van der Waals surface area contributed by atoms with Crippen LogP contribution in [0.4, 0.5) is 17.6 Å². The molecule has 0 aliphatic heterocycles. The third-order valence-electron chi connectivity index (χ3n) is 1.43. The van der Waals surface area contributed by atoms with E-state index in [1.54, 1.807) is 0 Å². The van der Waals surface area contributed by atoms with Crippen molar-refractivity contribution in [1.82, 2.24) is 4.98 Å². The maximum Gasteiger partial charge on any atom is 0.254 e. The van der Waals surface area contributed by atoms with Crippen molar-refractivity contribution in [2.45, 2.75) is 6.42 Å². The number of aromatic nitrogens is 1. The lowest BCUT2D eigenvalue weighted by Gasteiger charge is -2.02. The van der Waals surface area contributed by atoms with Crippen LogP contribution in [0.3, 0.4) is 0 Å². The average molecular weight is 214 g/mol. The Morgan fingerprint density at radius 2 is 1.62 bits per heavy atom. The van der Waals surface area contributed by atoms with Crippen LogP contribution in [-0.4, -0.2) is 10.9 Å². The molecule has 0 bridgehead atoms. The Bertz CT molecular complexity index is 329. The number of alkyl halides is 1. The van der Waals surface area contributed by atoms with Gasteiger partial charge in [0.15, 0.2) is 5.82 Å². The second kappa shape index (κ2) is 3.91. The first-order valence-corrected chi connectivity index (χ1v) is 3.86. The van der Waals surface area contributed by atoms with Crippen molar-refractivity contribution in [1.29, 1.82) is 0 Å². The first kappa shape index (κ1) is 10.2. The monoisotopic (exact) mass is 213 g/mol. The molecule has 0 N–H and O–H groups in total. The van der Waals surface area contributed by atoms with Crippen molar-refractivity contribution in [3.63, 3.8) is 0 Å². The van der Waals surface area contributed by atoms with E-state index >= 15 is 0 Å². The van der Waals surface area contributed by atoms with Crippen LogP contribution in [0.15, 0.2) is 0 Å². The molecule has 0 unspecified atom stereocenters. The smallest absolute Gasteiger partial charge is 0.203 e. The standard InChI is InChI=1S/C7H4ClF4N/c8-2-1-3-4(9)5(10)7(12)13-6(3)11/h1-2H2. The van der Waals surface area contributed by atoms with Crippen molar-refractivity contribution < 1.29 is 17.6 Å². The van der Waals surface area contributed by atoms with Crippen molar-refractivity contribution in [2.75, 3.05) is 5.88 Å². The van der Waals surface area contributed by atoms with E-state index in [4.69, 9.17) is 11.6 Å². The third kappa shape index (κ3) is 1.91. The summed E-state index contributed by atoms with van der Waals surface area (Å²) < 4.78 is 50.2. The first-order valence-electron chi connectivity index (χ1n) is 3.32. The van der Waals surface area contributed by atoms with Crippen LogP contribution in [-0.2, 0) is 6.42 Å². The molecule has 0 aliphatic carbocycles. The summed E-state index contributed by atoms with van der Waals surface area (Å²) in [7, 11) is 0. The lowest BCUT2D eigenvalue weighted by molar-refractivity contribution is 0.392. The van der Waals surface area contributed by atoms with Crippen molar-refractivity contribution in [3.05, 3.63) is 29.1 Å². The normalized spacial score (nSPS) is 10.5. The summed E-state index contributed by atoms with van der Waals surface area (Å²) in [5.74, 6) is -6.59. The number of nitrogens with zero attached hydrogens (tertiary/aromatic N) is 1. The molecule has 6 heteroatoms. The minimum absolute atomic E-state index is 0.0966. The summed E-state index contributed by atoms with van der Waals surface area (Å²) in [4.78, 5) is 2.55. The Kier molecular flexibility index (Phi) is 3.08. The van der Waals surface area contributed by atoms with Gasteiger partial charge in [0.25, 0.3) is 5.95 Å². The molecule has 0 saturated heterocycles. The second-order valence-corrected chi connectivity index (χ2v) is 2.62. The molecular weight excluding hydrogens is 210 g/mol. The van der Waals surface area contributed by atoms with Crippen LogP contribution in [0.1, 0.15) is 5.56 Å². The fourth-order valence-corrected chi connectivity index (χ4v) is 1.01. The van der Waals surface area contributed by atoms with E-state index in [9.17, 15) is 17.6 Å². The molecule has 0 atom stereocenters. The molecule has 1 aromatic rings. The molecule has 0 radical (unpaired) electrons. The molecule has 0 amide bonds. The SMILES string of the molecule is Fc1nc(F)c(CCCl)c(F)c1F. The van der Waals surface area contributed by atoms with Gasteiger partial charge in [0.2, 0.25) is 11.8 Å². The van der Waals surface area contributed by atoms with Crippen LogP contribution < -0.4 is 0 Å². The van der Waals surface area contributed by atoms with Gasteiger partial charge < -0.3 is 0 Å². The van der Waals surface area contributed by atoms with Crippen molar-refractivity contribution in [2.24, 2.45) is 0 Å². The molecule has 72 valence electrons. The largest absolute Gasteiger partial charge is 0.254 e. The molecule has 0 spiro atoms. The summed E-state index contributed by atoms with van der Waals surface area (Å²) in [6.45, 7) is 0. The molecule has 0 fully saturated rings. The van der Waals surface area contributed by atoms with Gasteiger partial charge >= 0.3 is 0 Å². The molecule has 1 aromatic heterocycles. The Morgan fingerprint density at radius 3 is 2.15 bits per heavy atom. The highest BCUT2D eigenvalue weighted by Gasteiger charge is 2.19. The predicted octanol–water partition coefficient (Wildman–Crippen LogP) is 2.42. The van der Waals surface area contributed by atoms with Gasteiger partial charge in [-0.15, -0.1) is 11.6 Å². The lowest BCUT2D eigenvalue weighted by Crippen LogP contribution is -2.06. The number of halogens is 5. The van der Waals surface area contributed by atoms with E-state index in [-0.39, 0.29) is 12.3 Å². The quantitative estimate of drug-likeness (QED) is 0.418. The van der Waals surface area contributed by atoms with Gasteiger partial charge in [-0.25, -0.2) is 4.39 Å². The highest BCUT2D eigenvalue weighted by atomic mass is 35.5. The molecule has 1 nitrogen and oxygen atoms in total. The number of hydrogen-bond acceptors (Lipinski definition) is 1. The average Bonchev–Trinajstić information content (AvgIpc) is 2.09. The van der Waals surface area contributed by atoms with Crippen LogP contribution in [0.5, 0.6) is 0 Å². The number of pyridine rings is 1. The van der Waals surface area contributed by atoms with E-state index in [2.05, 4.69) is 4.98 Å². The lowest BCUT2D eigenvalue weighted by atomic mass is 10.2. The summed E-state index contributed by atoms with van der Waals surface area (Å²) >= 11 is 5.19. The topological polar surface area (TPSA) is 12.9 Å². The minimum Gasteiger partial charge on any atom is -0.203 e. The molecule has 1 rings (SSSR count). The van der Waals surface area contributed by atoms with Gasteiger partial charge in [0.05, 0.1) is 0 Å². The zero-order chi connectivity index (χ0) is 10.0. The van der Waals surface area contributed by atoms with Crippen LogP contribution in [0.2, 0.25) is 0 Å². The van der Waals surface area contributed by atoms with E-state index in [1.165, 1.54) is 0 Å². The van der Waals surface area contributed by atoms with Crippen molar-refractivity contribution in [3.8, 4) is 0 Å². The van der Waals surface area contributed by atoms with E-state index < -0.39 is 29.1 Å². The first-order chi connectivity index (χ1) is 6.07. The van der Waals surface area contributed by atoms with E-state index in [0.717, 1.165) is 0 Å². The maximum atomic E-state index is 12.8. The number of rotatable bonds is 2. The highest BCUT2D eigenvalue weighted by Crippen LogP contribution is 2.16. The molecule has 1 heterocycles. The fraction of sp³-hybridized carbons (Fsp3) is 0.286. The highest BCUT2D eigenvalue weighted by molar-refractivity contribution is 6.17. The van der Waals surface area contributed by atoms with Crippen LogP contribution in [0, 0.1) is 23.5 Å². The van der Waals surface area contributed by atoms with Crippen LogP contribution >= 0.6 is 11.6 Å². The molecule has 13 heavy (non-hydrogen) atoms. The minimum atomic E-state index is -1.78. The van der Waals surface area contributed by atoms with Gasteiger partial charge in [-0.1, -0.05) is 0 Å². The van der Waals surface area contributed by atoms with Gasteiger partial charge in [-0.2, -0.15) is 18.2 Å². The predicted molar refractivity (Wildman–Crippen MR) is 38.5 cm³/mol. The molecular formula is C7H4ClF4N. The van der Waals surface area contributed by atoms with Gasteiger partial charge in [0.1, 0.15) is 0 Å². The summed E-state index contributed by atoms with van der Waals surface area (Å²) in [5, 5.41) is 0. The zero-order valence-corrected chi connectivity index (χ0v) is 7.01. The second-order valence-electron chi connectivity index (χ2n) is 2.24.